The smallest absolute Gasteiger partial charge is 0.264 e. The fourth-order valence-electron chi connectivity index (χ4n) is 4.91. The average molecular weight is 598 g/mol. The van der Waals surface area contributed by atoms with Gasteiger partial charge in [0, 0.05) is 17.6 Å². The molecule has 1 atom stereocenters. The molecule has 8 nitrogen and oxygen atoms in total. The molecule has 1 N–H and O–H groups in total. The Labute approximate surface area is 247 Å². The monoisotopic (exact) mass is 597 g/mol. The lowest BCUT2D eigenvalue weighted by Crippen LogP contribution is -2.52. The van der Waals surface area contributed by atoms with Crippen LogP contribution in [0.5, 0.6) is 5.75 Å². The van der Waals surface area contributed by atoms with Crippen LogP contribution < -0.4 is 14.4 Å². The molecule has 1 unspecified atom stereocenters. The summed E-state index contributed by atoms with van der Waals surface area (Å²) in [5.74, 6) is -0.267. The zero-order chi connectivity index (χ0) is 29.4. The summed E-state index contributed by atoms with van der Waals surface area (Å²) in [6.07, 6.45) is 3.91. The Hall–Kier alpha value is -3.56. The molecule has 0 aromatic heterocycles. The quantitative estimate of drug-likeness (QED) is 0.301. The van der Waals surface area contributed by atoms with Crippen LogP contribution in [0.15, 0.2) is 83.8 Å². The summed E-state index contributed by atoms with van der Waals surface area (Å²) in [5, 5.41) is 3.52. The lowest BCUT2D eigenvalue weighted by molar-refractivity contribution is -0.139. The van der Waals surface area contributed by atoms with Crippen LogP contribution in [0.4, 0.5) is 5.69 Å². The third-order valence-electron chi connectivity index (χ3n) is 7.21. The molecule has 4 rings (SSSR count). The lowest BCUT2D eigenvalue weighted by Gasteiger charge is -2.32. The van der Waals surface area contributed by atoms with Crippen molar-refractivity contribution >= 4 is 39.1 Å². The van der Waals surface area contributed by atoms with Crippen molar-refractivity contribution in [1.82, 2.24) is 10.2 Å². The molecule has 218 valence electrons. The molecule has 3 aromatic carbocycles. The van der Waals surface area contributed by atoms with Gasteiger partial charge in [-0.1, -0.05) is 60.8 Å². The largest absolute Gasteiger partial charge is 0.494 e. The van der Waals surface area contributed by atoms with Gasteiger partial charge < -0.3 is 15.0 Å². The number of halogens is 1. The van der Waals surface area contributed by atoms with Crippen LogP contribution in [-0.2, 0) is 26.2 Å². The Morgan fingerprint density at radius 2 is 1.61 bits per heavy atom. The summed E-state index contributed by atoms with van der Waals surface area (Å²) in [4.78, 5) is 28.7. The maximum Gasteiger partial charge on any atom is 0.264 e. The summed E-state index contributed by atoms with van der Waals surface area (Å²) in [6.45, 7) is 3.49. The van der Waals surface area contributed by atoms with Crippen LogP contribution in [-0.4, -0.2) is 50.4 Å². The predicted octanol–water partition coefficient (Wildman–Crippen LogP) is 5.41. The third-order valence-corrected chi connectivity index (χ3v) is 9.37. The second-order valence-electron chi connectivity index (χ2n) is 10.0. The van der Waals surface area contributed by atoms with E-state index >= 15 is 0 Å². The van der Waals surface area contributed by atoms with Crippen molar-refractivity contribution < 1.29 is 22.7 Å². The van der Waals surface area contributed by atoms with Crippen molar-refractivity contribution in [2.45, 2.75) is 63.1 Å². The molecule has 0 aliphatic heterocycles. The van der Waals surface area contributed by atoms with E-state index in [9.17, 15) is 18.0 Å². The second kappa shape index (κ2) is 13.9. The van der Waals surface area contributed by atoms with E-state index < -0.39 is 28.5 Å². The number of carbonyl (C=O) groups is 2. The van der Waals surface area contributed by atoms with Crippen LogP contribution in [0.25, 0.3) is 0 Å². The number of benzene rings is 3. The zero-order valence-electron chi connectivity index (χ0n) is 23.3. The Bertz CT molecular complexity index is 1430. The molecule has 0 heterocycles. The van der Waals surface area contributed by atoms with Gasteiger partial charge >= 0.3 is 0 Å². The number of hydrogen-bond acceptors (Lipinski definition) is 5. The van der Waals surface area contributed by atoms with E-state index in [1.54, 1.807) is 73.7 Å². The molecule has 2 amide bonds. The molecule has 0 saturated heterocycles. The van der Waals surface area contributed by atoms with E-state index in [2.05, 4.69) is 5.32 Å². The van der Waals surface area contributed by atoms with Crippen molar-refractivity contribution in [2.75, 3.05) is 17.5 Å². The fourth-order valence-corrected chi connectivity index (χ4v) is 6.52. The normalized spacial score (nSPS) is 14.3. The summed E-state index contributed by atoms with van der Waals surface area (Å²) in [5.41, 5.74) is 0.985. The number of rotatable bonds is 12. The van der Waals surface area contributed by atoms with E-state index in [4.69, 9.17) is 16.3 Å². The minimum Gasteiger partial charge on any atom is -0.494 e. The predicted molar refractivity (Wildman–Crippen MR) is 160 cm³/mol. The van der Waals surface area contributed by atoms with Crippen molar-refractivity contribution in [3.63, 3.8) is 0 Å². The second-order valence-corrected chi connectivity index (χ2v) is 12.3. The van der Waals surface area contributed by atoms with Crippen molar-refractivity contribution in [3.8, 4) is 5.75 Å². The Kier molecular flexibility index (Phi) is 10.3. The summed E-state index contributed by atoms with van der Waals surface area (Å²) < 4.78 is 34.4. The van der Waals surface area contributed by atoms with Gasteiger partial charge in [-0.25, -0.2) is 8.42 Å². The molecule has 41 heavy (non-hydrogen) atoms. The first-order chi connectivity index (χ1) is 19.7. The highest BCUT2D eigenvalue weighted by Gasteiger charge is 2.33. The van der Waals surface area contributed by atoms with Gasteiger partial charge in [-0.15, -0.1) is 0 Å². The maximum absolute atomic E-state index is 14.0. The number of ether oxygens (including phenoxy) is 1. The molecular formula is C31H36ClN3O5S. The molecule has 1 fully saturated rings. The van der Waals surface area contributed by atoms with Gasteiger partial charge in [0.15, 0.2) is 0 Å². The van der Waals surface area contributed by atoms with Gasteiger partial charge in [-0.3, -0.25) is 13.9 Å². The number of anilines is 1. The van der Waals surface area contributed by atoms with Gasteiger partial charge in [0.1, 0.15) is 18.3 Å². The molecule has 0 radical (unpaired) electrons. The minimum absolute atomic E-state index is 0.0160. The van der Waals surface area contributed by atoms with Gasteiger partial charge in [-0.2, -0.15) is 0 Å². The molecule has 0 spiro atoms. The van der Waals surface area contributed by atoms with E-state index in [0.29, 0.717) is 28.6 Å². The highest BCUT2D eigenvalue weighted by atomic mass is 35.5. The number of sulfonamides is 1. The fraction of sp³-hybridized carbons (Fsp3) is 0.355. The van der Waals surface area contributed by atoms with Crippen LogP contribution in [0.3, 0.4) is 0 Å². The van der Waals surface area contributed by atoms with Crippen LogP contribution in [0.1, 0.15) is 45.1 Å². The van der Waals surface area contributed by atoms with Crippen LogP contribution >= 0.6 is 11.6 Å². The van der Waals surface area contributed by atoms with Crippen molar-refractivity contribution in [1.29, 1.82) is 0 Å². The molecule has 1 saturated carbocycles. The van der Waals surface area contributed by atoms with E-state index in [1.807, 2.05) is 6.92 Å². The highest BCUT2D eigenvalue weighted by Crippen LogP contribution is 2.27. The van der Waals surface area contributed by atoms with E-state index in [0.717, 1.165) is 30.0 Å². The molecule has 3 aromatic rings. The topological polar surface area (TPSA) is 96.0 Å². The molecule has 0 bridgehead atoms. The Morgan fingerprint density at radius 1 is 0.976 bits per heavy atom. The van der Waals surface area contributed by atoms with Gasteiger partial charge in [0.05, 0.1) is 17.2 Å². The number of nitrogens with one attached hydrogen (secondary N) is 1. The van der Waals surface area contributed by atoms with Crippen LogP contribution in [0.2, 0.25) is 5.02 Å². The Morgan fingerprint density at radius 3 is 2.24 bits per heavy atom. The van der Waals surface area contributed by atoms with E-state index in [1.165, 1.54) is 17.0 Å². The van der Waals surface area contributed by atoms with E-state index in [-0.39, 0.29) is 23.4 Å². The Balaban J connectivity index is 1.66. The molecule has 1 aliphatic rings. The SMILES string of the molecule is CCOc1ccc(S(=O)(=O)N(CC(=O)N(Cc2ccccc2Cl)C(C)C(=O)NC2CCCC2)c2ccccc2)cc1. The molecule has 1 aliphatic carbocycles. The van der Waals surface area contributed by atoms with Gasteiger partial charge in [-0.05, 0) is 74.7 Å². The zero-order valence-corrected chi connectivity index (χ0v) is 24.9. The van der Waals surface area contributed by atoms with Crippen molar-refractivity contribution in [3.05, 3.63) is 89.4 Å². The number of hydrogen-bond donors (Lipinski definition) is 1. The minimum atomic E-state index is -4.16. The number of carbonyl (C=O) groups excluding carboxylic acids is 2. The number of nitrogens with zero attached hydrogens (tertiary/aromatic N) is 2. The third kappa shape index (κ3) is 7.59. The van der Waals surface area contributed by atoms with Crippen LogP contribution in [0, 0.1) is 0 Å². The number of para-hydroxylation sites is 1. The maximum atomic E-state index is 14.0. The first-order valence-corrected chi connectivity index (χ1v) is 15.7. The summed E-state index contributed by atoms with van der Waals surface area (Å²) >= 11 is 6.43. The average Bonchev–Trinajstić information content (AvgIpc) is 3.49. The molecule has 10 heteroatoms. The first kappa shape index (κ1) is 30.4. The first-order valence-electron chi connectivity index (χ1n) is 13.8. The van der Waals surface area contributed by atoms with Gasteiger partial charge in [0.25, 0.3) is 10.0 Å². The summed E-state index contributed by atoms with van der Waals surface area (Å²) in [6, 6.07) is 20.8. The van der Waals surface area contributed by atoms with Crippen molar-refractivity contribution in [2.24, 2.45) is 0 Å². The van der Waals surface area contributed by atoms with Gasteiger partial charge in [0.2, 0.25) is 11.8 Å². The number of amides is 2. The standard InChI is InChI=1S/C31H36ClN3O5S/c1-3-40-27-17-19-28(20-18-27)41(38,39)35(26-14-5-4-6-15-26)22-30(36)34(21-24-11-7-10-16-29(24)32)23(2)31(37)33-25-12-8-9-13-25/h4-7,10-11,14-20,23,25H,3,8-9,12-13,21-22H2,1-2H3,(H,33,37). The summed E-state index contributed by atoms with van der Waals surface area (Å²) in [7, 11) is -4.16. The molecular weight excluding hydrogens is 562 g/mol. The lowest BCUT2D eigenvalue weighted by atomic mass is 10.1. The highest BCUT2D eigenvalue weighted by molar-refractivity contribution is 7.92.